The number of hydrogen-bond acceptors (Lipinski definition) is 4. The van der Waals surface area contributed by atoms with Crippen LogP contribution < -0.4 is 5.43 Å². The molecule has 2 heterocycles. The Hall–Kier alpha value is -2.19. The van der Waals surface area contributed by atoms with Gasteiger partial charge in [0.05, 0.1) is 11.4 Å². The van der Waals surface area contributed by atoms with Gasteiger partial charge in [0.15, 0.2) is 5.82 Å². The first-order valence-corrected chi connectivity index (χ1v) is 5.29. The molecular weight excluding hydrogens is 240 g/mol. The fourth-order valence-electron chi connectivity index (χ4n) is 1.26. The minimum Gasteiger partial charge on any atom is -0.288 e. The van der Waals surface area contributed by atoms with E-state index in [1.54, 1.807) is 12.1 Å². The maximum atomic E-state index is 11.3. The number of nitrogens with zero attached hydrogens (tertiary/aromatic N) is 4. The standard InChI is InChI=1S/C11H7ClN4O/c12-5-9-10(17)3-4-16(15-9)11-2-1-8(6-13)7-14-11/h1-4,7H,5H2. The molecule has 0 radical (unpaired) electrons. The summed E-state index contributed by atoms with van der Waals surface area (Å²) in [6.07, 6.45) is 2.95. The Labute approximate surface area is 102 Å². The summed E-state index contributed by atoms with van der Waals surface area (Å²) < 4.78 is 1.44. The van der Waals surface area contributed by atoms with E-state index >= 15 is 0 Å². The van der Waals surface area contributed by atoms with E-state index in [2.05, 4.69) is 10.1 Å². The quantitative estimate of drug-likeness (QED) is 0.748. The molecule has 0 spiro atoms. The first-order valence-electron chi connectivity index (χ1n) is 4.76. The molecule has 17 heavy (non-hydrogen) atoms. The van der Waals surface area contributed by atoms with Gasteiger partial charge in [-0.15, -0.1) is 11.6 Å². The number of halogens is 1. The molecule has 0 fully saturated rings. The predicted molar refractivity (Wildman–Crippen MR) is 61.9 cm³/mol. The molecule has 2 rings (SSSR count). The van der Waals surface area contributed by atoms with Crippen molar-refractivity contribution in [3.8, 4) is 11.9 Å². The van der Waals surface area contributed by atoms with Crippen LogP contribution in [0.15, 0.2) is 35.4 Å². The van der Waals surface area contributed by atoms with Crippen molar-refractivity contribution in [3.05, 3.63) is 52.1 Å². The van der Waals surface area contributed by atoms with Gasteiger partial charge in [0.25, 0.3) is 0 Å². The van der Waals surface area contributed by atoms with Gasteiger partial charge in [-0.3, -0.25) is 4.79 Å². The van der Waals surface area contributed by atoms with Crippen LogP contribution in [0.1, 0.15) is 11.3 Å². The molecular formula is C11H7ClN4O. The molecule has 5 nitrogen and oxygen atoms in total. The monoisotopic (exact) mass is 246 g/mol. The van der Waals surface area contributed by atoms with Crippen LogP contribution in [0.4, 0.5) is 0 Å². The Kier molecular flexibility index (Phi) is 3.17. The van der Waals surface area contributed by atoms with Crippen LogP contribution in [0.5, 0.6) is 0 Å². The van der Waals surface area contributed by atoms with Gasteiger partial charge in [0.1, 0.15) is 11.8 Å². The van der Waals surface area contributed by atoms with E-state index in [4.69, 9.17) is 16.9 Å². The van der Waals surface area contributed by atoms with Crippen molar-refractivity contribution in [2.75, 3.05) is 0 Å². The van der Waals surface area contributed by atoms with E-state index in [0.29, 0.717) is 11.4 Å². The Morgan fingerprint density at radius 1 is 1.41 bits per heavy atom. The number of alkyl halides is 1. The second-order valence-electron chi connectivity index (χ2n) is 3.22. The molecule has 0 N–H and O–H groups in total. The molecule has 0 aliphatic rings. The van der Waals surface area contributed by atoms with E-state index < -0.39 is 0 Å². The maximum absolute atomic E-state index is 11.3. The molecule has 0 aliphatic heterocycles. The van der Waals surface area contributed by atoms with E-state index in [1.165, 1.54) is 23.1 Å². The lowest BCUT2D eigenvalue weighted by Crippen LogP contribution is -2.15. The third-order valence-electron chi connectivity index (χ3n) is 2.12. The summed E-state index contributed by atoms with van der Waals surface area (Å²) >= 11 is 5.60. The molecule has 6 heteroatoms. The zero-order valence-electron chi connectivity index (χ0n) is 8.67. The lowest BCUT2D eigenvalue weighted by Gasteiger charge is -2.04. The van der Waals surface area contributed by atoms with Crippen LogP contribution in [0.3, 0.4) is 0 Å². The summed E-state index contributed by atoms with van der Waals surface area (Å²) in [7, 11) is 0. The highest BCUT2D eigenvalue weighted by Gasteiger charge is 2.03. The first kappa shape index (κ1) is 11.3. The zero-order chi connectivity index (χ0) is 12.3. The van der Waals surface area contributed by atoms with E-state index in [-0.39, 0.29) is 17.0 Å². The first-order chi connectivity index (χ1) is 8.24. The number of aromatic nitrogens is 3. The molecule has 2 aromatic heterocycles. The van der Waals surface area contributed by atoms with Gasteiger partial charge < -0.3 is 0 Å². The minimum atomic E-state index is -0.204. The number of nitriles is 1. The second kappa shape index (κ2) is 4.76. The Morgan fingerprint density at radius 2 is 2.24 bits per heavy atom. The highest BCUT2D eigenvalue weighted by Crippen LogP contribution is 2.03. The Bertz CT molecular complexity index is 627. The molecule has 0 aliphatic carbocycles. The van der Waals surface area contributed by atoms with Crippen molar-refractivity contribution in [2.45, 2.75) is 5.88 Å². The summed E-state index contributed by atoms with van der Waals surface area (Å²) in [4.78, 5) is 15.4. The Balaban J connectivity index is 2.46. The van der Waals surface area contributed by atoms with Gasteiger partial charge in [-0.25, -0.2) is 9.67 Å². The highest BCUT2D eigenvalue weighted by atomic mass is 35.5. The average Bonchev–Trinajstić information content (AvgIpc) is 2.39. The summed E-state index contributed by atoms with van der Waals surface area (Å²) in [6.45, 7) is 0. The molecule has 0 unspecified atom stereocenters. The number of rotatable bonds is 2. The zero-order valence-corrected chi connectivity index (χ0v) is 9.42. The molecule has 0 saturated heterocycles. The summed E-state index contributed by atoms with van der Waals surface area (Å²) in [5.74, 6) is 0.575. The van der Waals surface area contributed by atoms with Crippen molar-refractivity contribution in [1.29, 1.82) is 5.26 Å². The lowest BCUT2D eigenvalue weighted by molar-refractivity contribution is 0.781. The van der Waals surface area contributed by atoms with Crippen LogP contribution in [0.2, 0.25) is 0 Å². The average molecular weight is 247 g/mol. The second-order valence-corrected chi connectivity index (χ2v) is 3.49. The number of pyridine rings is 1. The molecule has 0 bridgehead atoms. The van der Waals surface area contributed by atoms with Crippen molar-refractivity contribution >= 4 is 11.6 Å². The van der Waals surface area contributed by atoms with E-state index in [0.717, 1.165) is 0 Å². The van der Waals surface area contributed by atoms with Crippen LogP contribution in [0, 0.1) is 11.3 Å². The van der Waals surface area contributed by atoms with E-state index in [9.17, 15) is 4.79 Å². The molecule has 0 amide bonds. The van der Waals surface area contributed by atoms with Crippen molar-refractivity contribution in [3.63, 3.8) is 0 Å². The maximum Gasteiger partial charge on any atom is 0.204 e. The van der Waals surface area contributed by atoms with Gasteiger partial charge in [0, 0.05) is 18.5 Å². The van der Waals surface area contributed by atoms with Gasteiger partial charge in [-0.2, -0.15) is 10.4 Å². The third-order valence-corrected chi connectivity index (χ3v) is 2.37. The highest BCUT2D eigenvalue weighted by molar-refractivity contribution is 6.16. The largest absolute Gasteiger partial charge is 0.288 e. The van der Waals surface area contributed by atoms with Crippen LogP contribution in [0.25, 0.3) is 5.82 Å². The predicted octanol–water partition coefficient (Wildman–Crippen LogP) is 1.24. The topological polar surface area (TPSA) is 71.6 Å². The van der Waals surface area contributed by atoms with Crippen molar-refractivity contribution < 1.29 is 0 Å². The normalized spacial score (nSPS) is 9.88. The molecule has 0 atom stereocenters. The fourth-order valence-corrected chi connectivity index (χ4v) is 1.44. The smallest absolute Gasteiger partial charge is 0.204 e. The summed E-state index contributed by atoms with van der Waals surface area (Å²) in [6, 6.07) is 6.63. The number of hydrogen-bond donors (Lipinski definition) is 0. The van der Waals surface area contributed by atoms with Crippen LogP contribution in [-0.2, 0) is 5.88 Å². The molecule has 2 aromatic rings. The van der Waals surface area contributed by atoms with Crippen molar-refractivity contribution in [2.24, 2.45) is 0 Å². The Morgan fingerprint density at radius 3 is 2.82 bits per heavy atom. The van der Waals surface area contributed by atoms with E-state index in [1.807, 2.05) is 6.07 Å². The van der Waals surface area contributed by atoms with Crippen LogP contribution in [-0.4, -0.2) is 14.8 Å². The van der Waals surface area contributed by atoms with Gasteiger partial charge >= 0.3 is 0 Å². The summed E-state index contributed by atoms with van der Waals surface area (Å²) in [5, 5.41) is 12.7. The van der Waals surface area contributed by atoms with Crippen molar-refractivity contribution in [1.82, 2.24) is 14.8 Å². The third kappa shape index (κ3) is 2.32. The molecule has 84 valence electrons. The minimum absolute atomic E-state index is 0.0515. The lowest BCUT2D eigenvalue weighted by atomic mass is 10.3. The summed E-state index contributed by atoms with van der Waals surface area (Å²) in [5.41, 5.74) is 0.526. The fraction of sp³-hybridized carbons (Fsp3) is 0.0909. The van der Waals surface area contributed by atoms with Gasteiger partial charge in [0.2, 0.25) is 5.43 Å². The van der Waals surface area contributed by atoms with Crippen LogP contribution >= 0.6 is 11.6 Å². The van der Waals surface area contributed by atoms with Gasteiger partial charge in [-0.1, -0.05) is 0 Å². The molecule has 0 saturated carbocycles. The SMILES string of the molecule is N#Cc1ccc(-n2ccc(=O)c(CCl)n2)nc1. The molecule has 0 aromatic carbocycles. The van der Waals surface area contributed by atoms with Gasteiger partial charge in [-0.05, 0) is 12.1 Å².